The topological polar surface area (TPSA) is 50.2 Å². The van der Waals surface area contributed by atoms with E-state index in [4.69, 9.17) is 0 Å². The molecule has 5 nitrogen and oxygen atoms in total. The molecular weight excluding hydrogens is 216 g/mol. The Labute approximate surface area is 101 Å². The van der Waals surface area contributed by atoms with Crippen molar-refractivity contribution in [1.82, 2.24) is 9.78 Å². The summed E-state index contributed by atoms with van der Waals surface area (Å²) in [5.41, 5.74) is 1.92. The van der Waals surface area contributed by atoms with Crippen LogP contribution in [0, 0.1) is 0 Å². The van der Waals surface area contributed by atoms with Crippen LogP contribution in [0.4, 0.5) is 11.5 Å². The van der Waals surface area contributed by atoms with Gasteiger partial charge in [0.2, 0.25) is 5.91 Å². The largest absolute Gasteiger partial charge is 0.352 e. The van der Waals surface area contributed by atoms with Crippen molar-refractivity contribution in [3.8, 4) is 0 Å². The van der Waals surface area contributed by atoms with Crippen molar-refractivity contribution in [1.29, 1.82) is 0 Å². The Morgan fingerprint density at radius 3 is 2.88 bits per heavy atom. The molecule has 2 aliphatic rings. The van der Waals surface area contributed by atoms with Crippen LogP contribution in [0.15, 0.2) is 0 Å². The van der Waals surface area contributed by atoms with Gasteiger partial charge in [0.1, 0.15) is 5.69 Å². The third-order valence-electron chi connectivity index (χ3n) is 3.53. The van der Waals surface area contributed by atoms with Crippen molar-refractivity contribution >= 4 is 17.4 Å². The van der Waals surface area contributed by atoms with Crippen molar-refractivity contribution in [2.75, 3.05) is 16.8 Å². The van der Waals surface area contributed by atoms with E-state index in [0.717, 1.165) is 30.2 Å². The van der Waals surface area contributed by atoms with Gasteiger partial charge in [-0.1, -0.05) is 6.92 Å². The van der Waals surface area contributed by atoms with Gasteiger partial charge in [-0.05, 0) is 19.3 Å². The minimum atomic E-state index is 0.108. The third-order valence-corrected chi connectivity index (χ3v) is 3.53. The fraction of sp³-hybridized carbons (Fsp3) is 0.667. The molecule has 1 N–H and O–H groups in total. The van der Waals surface area contributed by atoms with Gasteiger partial charge in [0.05, 0.1) is 5.69 Å². The maximum Gasteiger partial charge on any atom is 0.226 e. The van der Waals surface area contributed by atoms with E-state index >= 15 is 0 Å². The van der Waals surface area contributed by atoms with Crippen LogP contribution in [0.3, 0.4) is 0 Å². The van der Waals surface area contributed by atoms with E-state index in [1.54, 1.807) is 0 Å². The van der Waals surface area contributed by atoms with Crippen LogP contribution in [0.2, 0.25) is 0 Å². The molecule has 0 radical (unpaired) electrons. The zero-order valence-corrected chi connectivity index (χ0v) is 10.4. The van der Waals surface area contributed by atoms with Gasteiger partial charge >= 0.3 is 0 Å². The Hall–Kier alpha value is -1.52. The van der Waals surface area contributed by atoms with Crippen molar-refractivity contribution < 1.29 is 4.79 Å². The highest BCUT2D eigenvalue weighted by atomic mass is 16.1. The molecule has 1 aliphatic carbocycles. The summed E-state index contributed by atoms with van der Waals surface area (Å²) in [5, 5.41) is 7.52. The highest BCUT2D eigenvalue weighted by molar-refractivity contribution is 5.96. The second kappa shape index (κ2) is 3.75. The smallest absolute Gasteiger partial charge is 0.226 e. The summed E-state index contributed by atoms with van der Waals surface area (Å²) in [5.74, 6) is 1.20. The average molecular weight is 234 g/mol. The Morgan fingerprint density at radius 2 is 2.24 bits per heavy atom. The molecule has 1 fully saturated rings. The Kier molecular flexibility index (Phi) is 2.34. The zero-order chi connectivity index (χ0) is 12.0. The molecule has 5 heteroatoms. The van der Waals surface area contributed by atoms with E-state index < -0.39 is 0 Å². The molecule has 92 valence electrons. The summed E-state index contributed by atoms with van der Waals surface area (Å²) in [6, 6.07) is 0.613. The maximum absolute atomic E-state index is 11.7. The number of fused-ring (bicyclic) bond motifs is 1. The van der Waals surface area contributed by atoms with Crippen LogP contribution in [-0.4, -0.2) is 28.3 Å². The number of carbonyl (C=O) groups is 1. The predicted octanol–water partition coefficient (Wildman–Crippen LogP) is 1.29. The highest BCUT2D eigenvalue weighted by Gasteiger charge is 2.35. The fourth-order valence-electron chi connectivity index (χ4n) is 2.55. The second-order valence-corrected chi connectivity index (χ2v) is 4.85. The van der Waals surface area contributed by atoms with Crippen molar-refractivity contribution in [3.05, 3.63) is 5.69 Å². The second-order valence-electron chi connectivity index (χ2n) is 4.85. The van der Waals surface area contributed by atoms with E-state index in [1.165, 1.54) is 12.8 Å². The summed E-state index contributed by atoms with van der Waals surface area (Å²) in [4.78, 5) is 14.1. The quantitative estimate of drug-likeness (QED) is 0.839. The summed E-state index contributed by atoms with van der Waals surface area (Å²) in [6.45, 7) is 2.88. The number of amides is 1. The average Bonchev–Trinajstić information content (AvgIpc) is 3.08. The molecule has 0 unspecified atom stereocenters. The zero-order valence-electron chi connectivity index (χ0n) is 10.4. The monoisotopic (exact) mass is 234 g/mol. The molecule has 0 saturated heterocycles. The molecule has 1 saturated carbocycles. The molecular formula is C12H18N4O. The fourth-order valence-corrected chi connectivity index (χ4v) is 2.55. The van der Waals surface area contributed by atoms with Crippen LogP contribution < -0.4 is 10.2 Å². The van der Waals surface area contributed by atoms with Crippen LogP contribution in [-0.2, 0) is 18.3 Å². The Morgan fingerprint density at radius 1 is 1.47 bits per heavy atom. The van der Waals surface area contributed by atoms with Crippen LogP contribution in [0.25, 0.3) is 0 Å². The van der Waals surface area contributed by atoms with Gasteiger partial charge in [-0.2, -0.15) is 5.10 Å². The van der Waals surface area contributed by atoms with Crippen LogP contribution >= 0.6 is 0 Å². The first-order valence-electron chi connectivity index (χ1n) is 6.33. The highest BCUT2D eigenvalue weighted by Crippen LogP contribution is 2.38. The molecule has 1 amide bonds. The first kappa shape index (κ1) is 10.6. The van der Waals surface area contributed by atoms with E-state index in [9.17, 15) is 4.79 Å². The number of carbonyl (C=O) groups excluding carboxylic acids is 1. The van der Waals surface area contributed by atoms with Gasteiger partial charge in [-0.15, -0.1) is 0 Å². The SMILES string of the molecule is CCc1nn(C)c2c1NC(=O)CCN2C1CC1. The molecule has 17 heavy (non-hydrogen) atoms. The molecule has 1 aliphatic heterocycles. The third kappa shape index (κ3) is 1.69. The summed E-state index contributed by atoms with van der Waals surface area (Å²) < 4.78 is 1.91. The number of aromatic nitrogens is 2. The number of rotatable bonds is 2. The normalized spacial score (nSPS) is 19.9. The summed E-state index contributed by atoms with van der Waals surface area (Å²) in [7, 11) is 1.96. The van der Waals surface area contributed by atoms with E-state index in [-0.39, 0.29) is 5.91 Å². The number of nitrogens with one attached hydrogen (secondary N) is 1. The number of nitrogens with zero attached hydrogens (tertiary/aromatic N) is 3. The molecule has 2 heterocycles. The van der Waals surface area contributed by atoms with Gasteiger partial charge in [0.15, 0.2) is 5.82 Å². The predicted molar refractivity (Wildman–Crippen MR) is 66.2 cm³/mol. The molecule has 0 aromatic carbocycles. The van der Waals surface area contributed by atoms with Gasteiger partial charge in [0, 0.05) is 26.1 Å². The van der Waals surface area contributed by atoms with Gasteiger partial charge in [-0.25, -0.2) is 0 Å². The first-order valence-corrected chi connectivity index (χ1v) is 6.33. The van der Waals surface area contributed by atoms with Crippen LogP contribution in [0.5, 0.6) is 0 Å². The maximum atomic E-state index is 11.7. The molecule has 0 spiro atoms. The van der Waals surface area contributed by atoms with E-state index in [2.05, 4.69) is 22.2 Å². The van der Waals surface area contributed by atoms with Gasteiger partial charge in [-0.3, -0.25) is 9.48 Å². The van der Waals surface area contributed by atoms with Crippen molar-refractivity contribution in [2.45, 2.75) is 38.6 Å². The standard InChI is InChI=1S/C12H18N4O/c1-3-9-11-12(15(2)14-9)16(8-4-5-8)7-6-10(17)13-11/h8H,3-7H2,1-2H3,(H,13,17). The van der Waals surface area contributed by atoms with E-state index in [1.807, 2.05) is 11.7 Å². The van der Waals surface area contributed by atoms with Crippen molar-refractivity contribution in [2.24, 2.45) is 7.05 Å². The lowest BCUT2D eigenvalue weighted by molar-refractivity contribution is -0.115. The Balaban J connectivity index is 2.08. The number of aryl methyl sites for hydroxylation is 2. The van der Waals surface area contributed by atoms with Gasteiger partial charge < -0.3 is 10.2 Å². The lowest BCUT2D eigenvalue weighted by Gasteiger charge is -2.22. The molecule has 3 rings (SSSR count). The van der Waals surface area contributed by atoms with Crippen LogP contribution in [0.1, 0.15) is 31.9 Å². The lowest BCUT2D eigenvalue weighted by atomic mass is 10.3. The first-order chi connectivity index (χ1) is 8.20. The molecule has 1 aromatic rings. The minimum Gasteiger partial charge on any atom is -0.352 e. The number of hydrogen-bond acceptors (Lipinski definition) is 3. The molecule has 0 atom stereocenters. The van der Waals surface area contributed by atoms with Crippen molar-refractivity contribution in [3.63, 3.8) is 0 Å². The molecule has 1 aromatic heterocycles. The summed E-state index contributed by atoms with van der Waals surface area (Å²) in [6.07, 6.45) is 3.90. The lowest BCUT2D eigenvalue weighted by Crippen LogP contribution is -2.28. The Bertz CT molecular complexity index is 461. The number of anilines is 2. The van der Waals surface area contributed by atoms with E-state index in [0.29, 0.717) is 12.5 Å². The van der Waals surface area contributed by atoms with Gasteiger partial charge in [0.25, 0.3) is 0 Å². The summed E-state index contributed by atoms with van der Waals surface area (Å²) >= 11 is 0. The number of hydrogen-bond donors (Lipinski definition) is 1. The molecule has 0 bridgehead atoms. The minimum absolute atomic E-state index is 0.108.